The van der Waals surface area contributed by atoms with Crippen LogP contribution in [0.15, 0.2) is 73.4 Å². The van der Waals surface area contributed by atoms with Crippen LogP contribution in [0.5, 0.6) is 0 Å². The Bertz CT molecular complexity index is 1690. The van der Waals surface area contributed by atoms with Crippen LogP contribution in [0.3, 0.4) is 0 Å². The molecule has 5 aromatic rings. The molecule has 0 atom stereocenters. The van der Waals surface area contributed by atoms with Crippen molar-refractivity contribution in [1.82, 2.24) is 34.4 Å². The van der Waals surface area contributed by atoms with Gasteiger partial charge in [-0.2, -0.15) is 4.98 Å². The van der Waals surface area contributed by atoms with Crippen LogP contribution in [-0.4, -0.2) is 92.8 Å². The van der Waals surface area contributed by atoms with Gasteiger partial charge in [-0.15, -0.1) is 0 Å². The maximum atomic E-state index is 13.3. The van der Waals surface area contributed by atoms with Crippen molar-refractivity contribution in [2.45, 2.75) is 0 Å². The molecule has 42 heavy (non-hydrogen) atoms. The first-order valence-corrected chi connectivity index (χ1v) is 14.0. The Morgan fingerprint density at radius 2 is 1.57 bits per heavy atom. The SMILES string of the molecule is Nc1ncc(-c2nc(N3CCOCC3)nc3c2ccn3-c2ccc(C(=O)N3CCN(c4cccnc4)CC3)cc2)cn1. The Kier molecular flexibility index (Phi) is 6.80. The fraction of sp³-hybridized carbons (Fsp3) is 0.267. The van der Waals surface area contributed by atoms with E-state index in [2.05, 4.69) is 30.8 Å². The zero-order valence-electron chi connectivity index (χ0n) is 23.0. The van der Waals surface area contributed by atoms with Crippen molar-refractivity contribution in [2.24, 2.45) is 0 Å². The summed E-state index contributed by atoms with van der Waals surface area (Å²) in [6, 6.07) is 13.7. The molecule has 212 valence electrons. The third-order valence-electron chi connectivity index (χ3n) is 7.74. The average Bonchev–Trinajstić information content (AvgIpc) is 3.49. The van der Waals surface area contributed by atoms with Crippen molar-refractivity contribution >= 4 is 34.5 Å². The van der Waals surface area contributed by atoms with Crippen LogP contribution in [0.2, 0.25) is 0 Å². The van der Waals surface area contributed by atoms with Crippen molar-refractivity contribution in [2.75, 3.05) is 68.0 Å². The number of nitrogens with two attached hydrogens (primary N) is 1. The van der Waals surface area contributed by atoms with E-state index < -0.39 is 0 Å². The molecule has 2 saturated heterocycles. The minimum Gasteiger partial charge on any atom is -0.378 e. The summed E-state index contributed by atoms with van der Waals surface area (Å²) >= 11 is 0. The van der Waals surface area contributed by atoms with E-state index in [1.54, 1.807) is 18.6 Å². The number of fused-ring (bicyclic) bond motifs is 1. The van der Waals surface area contributed by atoms with Crippen LogP contribution in [0.25, 0.3) is 28.0 Å². The molecular formula is C30H30N10O2. The highest BCUT2D eigenvalue weighted by molar-refractivity contribution is 5.95. The Labute approximate surface area is 242 Å². The van der Waals surface area contributed by atoms with Gasteiger partial charge in [-0.3, -0.25) is 9.78 Å². The van der Waals surface area contributed by atoms with Crippen molar-refractivity contribution < 1.29 is 9.53 Å². The number of ether oxygens (including phenoxy) is 1. The number of piperazine rings is 1. The van der Waals surface area contributed by atoms with Crippen molar-refractivity contribution in [3.8, 4) is 16.9 Å². The van der Waals surface area contributed by atoms with E-state index in [1.165, 1.54) is 0 Å². The number of aromatic nitrogens is 6. The summed E-state index contributed by atoms with van der Waals surface area (Å²) in [5, 5.41) is 0.868. The monoisotopic (exact) mass is 562 g/mol. The predicted octanol–water partition coefficient (Wildman–Crippen LogP) is 2.65. The van der Waals surface area contributed by atoms with Crippen LogP contribution >= 0.6 is 0 Å². The fourth-order valence-corrected chi connectivity index (χ4v) is 5.45. The minimum atomic E-state index is 0.0346. The number of carbonyl (C=O) groups is 1. The van der Waals surface area contributed by atoms with Gasteiger partial charge in [0.05, 0.1) is 30.8 Å². The first kappa shape index (κ1) is 25.8. The lowest BCUT2D eigenvalue weighted by atomic mass is 10.1. The van der Waals surface area contributed by atoms with Crippen molar-refractivity contribution in [3.63, 3.8) is 0 Å². The summed E-state index contributed by atoms with van der Waals surface area (Å²) in [7, 11) is 0. The third kappa shape index (κ3) is 4.96. The summed E-state index contributed by atoms with van der Waals surface area (Å²) in [6.07, 6.45) is 8.97. The molecule has 0 aliphatic carbocycles. The smallest absolute Gasteiger partial charge is 0.253 e. The molecule has 6 heterocycles. The number of benzene rings is 1. The van der Waals surface area contributed by atoms with Gasteiger partial charge in [0.25, 0.3) is 5.91 Å². The highest BCUT2D eigenvalue weighted by atomic mass is 16.5. The highest BCUT2D eigenvalue weighted by Gasteiger charge is 2.23. The molecule has 4 aromatic heterocycles. The molecule has 2 aliphatic heterocycles. The van der Waals surface area contributed by atoms with E-state index in [0.29, 0.717) is 50.9 Å². The topological polar surface area (TPSA) is 131 Å². The first-order chi connectivity index (χ1) is 20.6. The molecule has 2 fully saturated rings. The number of pyridine rings is 1. The largest absolute Gasteiger partial charge is 0.378 e. The molecule has 0 bridgehead atoms. The molecule has 1 aromatic carbocycles. The van der Waals surface area contributed by atoms with E-state index in [9.17, 15) is 4.79 Å². The van der Waals surface area contributed by atoms with Gasteiger partial charge >= 0.3 is 0 Å². The maximum Gasteiger partial charge on any atom is 0.253 e. The number of hydrogen-bond acceptors (Lipinski definition) is 10. The molecule has 2 N–H and O–H groups in total. The number of rotatable bonds is 5. The van der Waals surface area contributed by atoms with E-state index in [1.807, 2.05) is 58.3 Å². The van der Waals surface area contributed by atoms with Crippen LogP contribution in [0, 0.1) is 0 Å². The molecule has 12 nitrogen and oxygen atoms in total. The van der Waals surface area contributed by atoms with Gasteiger partial charge in [-0.1, -0.05) is 0 Å². The summed E-state index contributed by atoms with van der Waals surface area (Å²) < 4.78 is 7.56. The van der Waals surface area contributed by atoms with E-state index in [0.717, 1.165) is 46.8 Å². The molecule has 0 radical (unpaired) electrons. The number of morpholine rings is 1. The van der Waals surface area contributed by atoms with Crippen LogP contribution in [-0.2, 0) is 4.74 Å². The molecule has 0 spiro atoms. The molecule has 0 unspecified atom stereocenters. The third-order valence-corrected chi connectivity index (χ3v) is 7.74. The standard InChI is InChI=1S/C30H30N10O2/c31-29-33-18-22(19-34-29)26-25-7-9-40(27(25)36-30(35-26)39-14-16-42-17-15-39)23-5-3-21(4-6-23)28(41)38-12-10-37(11-13-38)24-2-1-8-32-20-24/h1-9,18-20H,10-17H2,(H2,31,33,34). The van der Waals surface area contributed by atoms with Crippen LogP contribution in [0.4, 0.5) is 17.6 Å². The molecular weight excluding hydrogens is 532 g/mol. The van der Waals surface area contributed by atoms with Gasteiger partial charge < -0.3 is 29.7 Å². The van der Waals surface area contributed by atoms with Crippen molar-refractivity contribution in [3.05, 3.63) is 79.0 Å². The minimum absolute atomic E-state index is 0.0346. The number of anilines is 3. The van der Waals surface area contributed by atoms with E-state index >= 15 is 0 Å². The highest BCUT2D eigenvalue weighted by Crippen LogP contribution is 2.30. The van der Waals surface area contributed by atoms with Gasteiger partial charge in [0, 0.05) is 86.3 Å². The second-order valence-electron chi connectivity index (χ2n) is 10.3. The number of nitrogen functional groups attached to an aromatic ring is 1. The van der Waals surface area contributed by atoms with Crippen molar-refractivity contribution in [1.29, 1.82) is 0 Å². The Balaban J connectivity index is 1.16. The van der Waals surface area contributed by atoms with Crippen LogP contribution in [0.1, 0.15) is 10.4 Å². The van der Waals surface area contributed by atoms with Crippen LogP contribution < -0.4 is 15.5 Å². The Morgan fingerprint density at radius 1 is 0.810 bits per heavy atom. The van der Waals surface area contributed by atoms with Gasteiger partial charge in [0.2, 0.25) is 11.9 Å². The lowest BCUT2D eigenvalue weighted by Crippen LogP contribution is -2.48. The molecule has 1 amide bonds. The summed E-state index contributed by atoms with van der Waals surface area (Å²) in [6.45, 7) is 5.53. The zero-order valence-corrected chi connectivity index (χ0v) is 23.0. The number of amides is 1. The van der Waals surface area contributed by atoms with Gasteiger partial charge in [0.1, 0.15) is 0 Å². The van der Waals surface area contributed by atoms with Gasteiger partial charge in [-0.25, -0.2) is 15.0 Å². The first-order valence-electron chi connectivity index (χ1n) is 14.0. The van der Waals surface area contributed by atoms with Gasteiger partial charge in [0.15, 0.2) is 5.65 Å². The molecule has 7 rings (SSSR count). The molecule has 2 aliphatic rings. The number of hydrogen-bond donors (Lipinski definition) is 1. The Hall–Kier alpha value is -5.10. The lowest BCUT2D eigenvalue weighted by Gasteiger charge is -2.36. The normalized spacial score (nSPS) is 15.8. The zero-order chi connectivity index (χ0) is 28.5. The summed E-state index contributed by atoms with van der Waals surface area (Å²) in [5.41, 5.74) is 10.6. The predicted molar refractivity (Wildman–Crippen MR) is 160 cm³/mol. The number of nitrogens with zero attached hydrogens (tertiary/aromatic N) is 9. The summed E-state index contributed by atoms with van der Waals surface area (Å²) in [4.78, 5) is 42.1. The quantitative estimate of drug-likeness (QED) is 0.341. The maximum absolute atomic E-state index is 13.3. The second-order valence-corrected chi connectivity index (χ2v) is 10.3. The van der Waals surface area contributed by atoms with Gasteiger partial charge in [-0.05, 0) is 42.5 Å². The molecule has 0 saturated carbocycles. The lowest BCUT2D eigenvalue weighted by molar-refractivity contribution is 0.0747. The fourth-order valence-electron chi connectivity index (χ4n) is 5.45. The van der Waals surface area contributed by atoms with E-state index in [-0.39, 0.29) is 11.9 Å². The van der Waals surface area contributed by atoms with E-state index in [4.69, 9.17) is 20.4 Å². The summed E-state index contributed by atoms with van der Waals surface area (Å²) in [5.74, 6) is 0.863. The number of carbonyl (C=O) groups excluding carboxylic acids is 1. The molecule has 12 heteroatoms. The second kappa shape index (κ2) is 11.1. The average molecular weight is 563 g/mol. The Morgan fingerprint density at radius 3 is 2.29 bits per heavy atom.